The average Bonchev–Trinajstić information content (AvgIpc) is 3.26. The normalized spacial score (nSPS) is 14.1. The molecule has 1 saturated carbocycles. The largest absolute Gasteiger partial charge is 0.497 e. The monoisotopic (exact) mass is 886 g/mol. The number of ether oxygens (including phenoxy) is 7. The molecule has 4 aromatic carbocycles. The summed E-state index contributed by atoms with van der Waals surface area (Å²) in [6.45, 7) is 8.94. The lowest BCUT2D eigenvalue weighted by Gasteiger charge is -2.39. The number of carbonyl (C=O) groups is 1. The van der Waals surface area contributed by atoms with Gasteiger partial charge in [0.05, 0.1) is 64.2 Å². The van der Waals surface area contributed by atoms with Crippen molar-refractivity contribution in [1.29, 1.82) is 0 Å². The minimum Gasteiger partial charge on any atom is -0.497 e. The maximum Gasteiger partial charge on any atom is 0.323 e. The van der Waals surface area contributed by atoms with Crippen molar-refractivity contribution >= 4 is 51.1 Å². The Hall–Kier alpha value is -5.56. The molecule has 0 aliphatic heterocycles. The number of hydrogen-bond acceptors (Lipinski definition) is 12. The zero-order valence-corrected chi connectivity index (χ0v) is 37.5. The van der Waals surface area contributed by atoms with E-state index in [1.165, 1.54) is 0 Å². The van der Waals surface area contributed by atoms with E-state index in [0.29, 0.717) is 92.5 Å². The second-order valence-electron chi connectivity index (χ2n) is 16.0. The predicted octanol–water partition coefficient (Wildman–Crippen LogP) is 9.07. The molecule has 2 amide bonds. The maximum atomic E-state index is 13.9. The number of aromatic nitrogens is 2. The molecule has 1 unspecified atom stereocenters. The number of amides is 2. The van der Waals surface area contributed by atoms with Gasteiger partial charge in [-0.15, -0.1) is 0 Å². The first-order chi connectivity index (χ1) is 30.4. The number of nitrogens with one attached hydrogen (secondary N) is 4. The second kappa shape index (κ2) is 22.2. The summed E-state index contributed by atoms with van der Waals surface area (Å²) in [6, 6.07) is 21.6. The molecule has 63 heavy (non-hydrogen) atoms. The summed E-state index contributed by atoms with van der Waals surface area (Å²) in [7, 11) is 4.75. The Bertz CT molecular complexity index is 2340. The molecular formula is C46H58N6O10S. The van der Waals surface area contributed by atoms with E-state index in [9.17, 15) is 13.6 Å². The number of benzene rings is 4. The van der Waals surface area contributed by atoms with Crippen molar-refractivity contribution in [2.24, 2.45) is 0 Å². The third kappa shape index (κ3) is 12.8. The van der Waals surface area contributed by atoms with Gasteiger partial charge in [-0.1, -0.05) is 64.3 Å². The molecule has 0 spiro atoms. The second-order valence-corrected chi connectivity index (χ2v) is 16.7. The first kappa shape index (κ1) is 46.9. The smallest absolute Gasteiger partial charge is 0.323 e. The molecule has 0 radical (unpaired) electrons. The first-order valence-electron chi connectivity index (χ1n) is 20.9. The van der Waals surface area contributed by atoms with Crippen LogP contribution in [-0.4, -0.2) is 85.7 Å². The van der Waals surface area contributed by atoms with E-state index < -0.39 is 22.8 Å². The van der Waals surface area contributed by atoms with Crippen LogP contribution in [-0.2, 0) is 36.4 Å². The van der Waals surface area contributed by atoms with Gasteiger partial charge in [-0.05, 0) is 48.1 Å². The highest BCUT2D eigenvalue weighted by molar-refractivity contribution is 7.77. The Labute approximate surface area is 371 Å². The summed E-state index contributed by atoms with van der Waals surface area (Å²) >= 11 is -2.27. The van der Waals surface area contributed by atoms with Crippen molar-refractivity contribution in [2.45, 2.75) is 63.8 Å². The van der Waals surface area contributed by atoms with Crippen molar-refractivity contribution in [3.8, 4) is 28.9 Å². The minimum absolute atomic E-state index is 0.284. The predicted molar refractivity (Wildman–Crippen MR) is 244 cm³/mol. The van der Waals surface area contributed by atoms with E-state index >= 15 is 0 Å². The Morgan fingerprint density at radius 3 is 2.19 bits per heavy atom. The Kier molecular flexibility index (Phi) is 16.5. The topological polar surface area (TPSA) is 193 Å². The van der Waals surface area contributed by atoms with Gasteiger partial charge in [0, 0.05) is 59.6 Å². The molecule has 1 aliphatic rings. The highest BCUT2D eigenvalue weighted by atomic mass is 32.2. The molecule has 1 aromatic heterocycles. The van der Waals surface area contributed by atoms with E-state index in [2.05, 4.69) is 51.4 Å². The van der Waals surface area contributed by atoms with Crippen LogP contribution in [0.2, 0.25) is 0 Å². The van der Waals surface area contributed by atoms with Crippen LogP contribution in [0.15, 0.2) is 79.0 Å². The zero-order chi connectivity index (χ0) is 44.8. The van der Waals surface area contributed by atoms with Crippen molar-refractivity contribution in [3.63, 3.8) is 0 Å². The standard InChI is InChI=1S/C46H58N6O10S/c1-45(2,3)31-26-37(46(52-63(54)55)17-10-7-11-18-46)42(58-6)39(27-31)50-44(53)49-38-14-15-40(36-13-9-8-12-35(36)38)62-41-16-19-47-43(51-41)48-32-28-33(57-5)30-34(29-32)61-25-24-60-23-22-59-21-20-56-4/h8-9,12-16,19,26-30,52H,7,10-11,17-18,20-25H2,1-6H3,(H,54,55)(H,47,48,51)(H2,49,50,53). The maximum absolute atomic E-state index is 13.9. The van der Waals surface area contributed by atoms with Gasteiger partial charge in [-0.2, -0.15) is 4.98 Å². The van der Waals surface area contributed by atoms with Crippen LogP contribution in [0.1, 0.15) is 64.0 Å². The van der Waals surface area contributed by atoms with Gasteiger partial charge in [-0.3, -0.25) is 4.55 Å². The fraction of sp³-hybridized carbons (Fsp3) is 0.413. The van der Waals surface area contributed by atoms with E-state index in [0.717, 1.165) is 41.2 Å². The van der Waals surface area contributed by atoms with Gasteiger partial charge in [0.2, 0.25) is 23.1 Å². The Morgan fingerprint density at radius 2 is 1.49 bits per heavy atom. The number of methoxy groups -OCH3 is 3. The SMILES string of the molecule is COCCOCCOCCOc1cc(Nc2nccc(Oc3ccc(NC(=O)Nc4cc(C(C)(C)C)cc(C5(NS(=O)O)CCCCC5)c4OC)c4ccccc34)n2)cc(OC)c1. The van der Waals surface area contributed by atoms with Crippen LogP contribution in [0.3, 0.4) is 0 Å². The molecule has 6 rings (SSSR count). The third-order valence-corrected chi connectivity index (χ3v) is 11.1. The Morgan fingerprint density at radius 1 is 0.794 bits per heavy atom. The fourth-order valence-electron chi connectivity index (χ4n) is 7.45. The van der Waals surface area contributed by atoms with Crippen LogP contribution in [0.5, 0.6) is 28.9 Å². The van der Waals surface area contributed by atoms with E-state index in [4.69, 9.17) is 33.2 Å². The van der Waals surface area contributed by atoms with Gasteiger partial charge < -0.3 is 49.1 Å². The molecule has 16 nitrogen and oxygen atoms in total. The fourth-order valence-corrected chi connectivity index (χ4v) is 8.10. The lowest BCUT2D eigenvalue weighted by Crippen LogP contribution is -2.45. The van der Waals surface area contributed by atoms with E-state index in [-0.39, 0.29) is 17.2 Å². The molecule has 5 N–H and O–H groups in total. The molecule has 1 aliphatic carbocycles. The highest BCUT2D eigenvalue weighted by Crippen LogP contribution is 2.46. The zero-order valence-electron chi connectivity index (χ0n) is 36.7. The molecule has 1 fully saturated rings. The van der Waals surface area contributed by atoms with Gasteiger partial charge in [0.1, 0.15) is 29.6 Å². The first-order valence-corrected chi connectivity index (χ1v) is 22.0. The molecule has 338 valence electrons. The van der Waals surface area contributed by atoms with Crippen LogP contribution in [0.4, 0.5) is 27.8 Å². The van der Waals surface area contributed by atoms with Gasteiger partial charge in [0.25, 0.3) is 0 Å². The number of fused-ring (bicyclic) bond motifs is 1. The summed E-state index contributed by atoms with van der Waals surface area (Å²) < 4.78 is 64.9. The summed E-state index contributed by atoms with van der Waals surface area (Å²) in [5.41, 5.74) is 2.19. The highest BCUT2D eigenvalue weighted by Gasteiger charge is 2.39. The van der Waals surface area contributed by atoms with Crippen molar-refractivity contribution in [3.05, 3.63) is 90.1 Å². The van der Waals surface area contributed by atoms with Crippen molar-refractivity contribution < 1.29 is 46.7 Å². The van der Waals surface area contributed by atoms with Crippen LogP contribution in [0.25, 0.3) is 10.8 Å². The van der Waals surface area contributed by atoms with Crippen LogP contribution < -0.4 is 39.6 Å². The summed E-state index contributed by atoms with van der Waals surface area (Å²) in [6.07, 6.45) is 5.66. The van der Waals surface area contributed by atoms with Gasteiger partial charge >= 0.3 is 6.03 Å². The summed E-state index contributed by atoms with van der Waals surface area (Å²) in [4.78, 5) is 22.9. The quantitative estimate of drug-likeness (QED) is 0.0347. The van der Waals surface area contributed by atoms with E-state index in [1.807, 2.05) is 42.5 Å². The molecule has 17 heteroatoms. The molecular weight excluding hydrogens is 829 g/mol. The average molecular weight is 887 g/mol. The number of nitrogens with zero attached hydrogens (tertiary/aromatic N) is 2. The number of hydrogen-bond donors (Lipinski definition) is 5. The van der Waals surface area contributed by atoms with Crippen molar-refractivity contribution in [1.82, 2.24) is 14.7 Å². The lowest BCUT2D eigenvalue weighted by atomic mass is 9.74. The van der Waals surface area contributed by atoms with Gasteiger partial charge in [-0.25, -0.2) is 18.7 Å². The van der Waals surface area contributed by atoms with E-state index in [1.54, 1.807) is 57.9 Å². The van der Waals surface area contributed by atoms with Crippen LogP contribution >= 0.6 is 0 Å². The number of urea groups is 1. The molecule has 0 bridgehead atoms. The summed E-state index contributed by atoms with van der Waals surface area (Å²) in [5, 5.41) is 10.7. The molecule has 5 aromatic rings. The number of carbonyl (C=O) groups excluding carboxylic acids is 1. The molecule has 1 atom stereocenters. The lowest BCUT2D eigenvalue weighted by molar-refractivity contribution is 0.0179. The number of anilines is 4. The molecule has 0 saturated heterocycles. The molecule has 1 heterocycles. The summed E-state index contributed by atoms with van der Waals surface area (Å²) in [5.74, 6) is 2.67. The van der Waals surface area contributed by atoms with Crippen LogP contribution in [0, 0.1) is 0 Å². The Balaban J connectivity index is 1.16. The van der Waals surface area contributed by atoms with Crippen molar-refractivity contribution in [2.75, 3.05) is 76.9 Å². The minimum atomic E-state index is -2.27. The van der Waals surface area contributed by atoms with Gasteiger partial charge in [0.15, 0.2) is 0 Å². The number of rotatable bonds is 21. The third-order valence-electron chi connectivity index (χ3n) is 10.6.